The largest absolute Gasteiger partial charge is 0.459 e. The highest BCUT2D eigenvalue weighted by atomic mass is 32.2. The van der Waals surface area contributed by atoms with Gasteiger partial charge in [-0.1, -0.05) is 18.7 Å². The summed E-state index contributed by atoms with van der Waals surface area (Å²) in [5.41, 5.74) is 6.98. The SMILES string of the molecule is C[C@@H]1CCc2c(sc3nc(C4CC4)n4c(SCC(=O)NNC(=O)c5ccco5)nnc4c23)C1. The summed E-state index contributed by atoms with van der Waals surface area (Å²) in [5.74, 6) is 1.45. The molecule has 4 heterocycles. The fourth-order valence-corrected chi connectivity index (χ4v) is 6.43. The van der Waals surface area contributed by atoms with Crippen molar-refractivity contribution < 1.29 is 14.0 Å². The van der Waals surface area contributed by atoms with Gasteiger partial charge in [-0.15, -0.1) is 21.5 Å². The third kappa shape index (κ3) is 3.78. The molecule has 2 amide bonds. The monoisotopic (exact) mass is 482 g/mol. The summed E-state index contributed by atoms with van der Waals surface area (Å²) in [6, 6.07) is 3.13. The van der Waals surface area contributed by atoms with Crippen LogP contribution in [-0.4, -0.2) is 37.1 Å². The highest BCUT2D eigenvalue weighted by Crippen LogP contribution is 2.44. The molecule has 0 aliphatic heterocycles. The second-order valence-electron chi connectivity index (χ2n) is 8.69. The van der Waals surface area contributed by atoms with E-state index in [4.69, 9.17) is 9.40 Å². The van der Waals surface area contributed by atoms with Crippen molar-refractivity contribution in [3.05, 3.63) is 40.4 Å². The average Bonchev–Trinajstić information content (AvgIpc) is 3.20. The Bertz CT molecular complexity index is 1370. The predicted molar refractivity (Wildman–Crippen MR) is 124 cm³/mol. The lowest BCUT2D eigenvalue weighted by molar-refractivity contribution is -0.119. The number of nitrogens with zero attached hydrogens (tertiary/aromatic N) is 4. The van der Waals surface area contributed by atoms with Crippen LogP contribution in [0.15, 0.2) is 28.0 Å². The molecule has 1 fully saturated rings. The van der Waals surface area contributed by atoms with Gasteiger partial charge >= 0.3 is 5.91 Å². The van der Waals surface area contributed by atoms with Gasteiger partial charge in [0.25, 0.3) is 0 Å². The van der Waals surface area contributed by atoms with E-state index in [0.29, 0.717) is 17.0 Å². The lowest BCUT2D eigenvalue weighted by Crippen LogP contribution is -2.42. The molecule has 0 radical (unpaired) electrons. The van der Waals surface area contributed by atoms with Crippen LogP contribution in [0, 0.1) is 5.92 Å². The third-order valence-corrected chi connectivity index (χ3v) is 8.21. The Kier molecular flexibility index (Phi) is 5.10. The van der Waals surface area contributed by atoms with Crippen molar-refractivity contribution in [2.24, 2.45) is 5.92 Å². The van der Waals surface area contributed by atoms with Gasteiger partial charge in [-0.25, -0.2) is 4.98 Å². The number of nitrogens with one attached hydrogen (secondary N) is 2. The number of rotatable bonds is 5. The zero-order valence-electron chi connectivity index (χ0n) is 18.0. The summed E-state index contributed by atoms with van der Waals surface area (Å²) in [5, 5.41) is 10.8. The highest BCUT2D eigenvalue weighted by Gasteiger charge is 2.32. The Labute approximate surface area is 197 Å². The molecule has 4 aromatic heterocycles. The van der Waals surface area contributed by atoms with Gasteiger partial charge in [-0.3, -0.25) is 24.8 Å². The Morgan fingerprint density at radius 3 is 2.94 bits per heavy atom. The number of hydrogen-bond donors (Lipinski definition) is 2. The number of hydrogen-bond acceptors (Lipinski definition) is 8. The van der Waals surface area contributed by atoms with Crippen LogP contribution in [0.1, 0.15) is 58.9 Å². The van der Waals surface area contributed by atoms with Crippen LogP contribution in [0.2, 0.25) is 0 Å². The number of hydrazine groups is 1. The lowest BCUT2D eigenvalue weighted by atomic mass is 9.89. The van der Waals surface area contributed by atoms with E-state index in [1.807, 2.05) is 4.40 Å². The molecule has 0 unspecified atom stereocenters. The van der Waals surface area contributed by atoms with Crippen LogP contribution in [0.3, 0.4) is 0 Å². The van der Waals surface area contributed by atoms with Crippen molar-refractivity contribution in [3.63, 3.8) is 0 Å². The van der Waals surface area contributed by atoms with Crippen molar-refractivity contribution in [3.8, 4) is 0 Å². The number of thioether (sulfide) groups is 1. The molecule has 2 aliphatic rings. The zero-order chi connectivity index (χ0) is 22.5. The fourth-order valence-electron chi connectivity index (χ4n) is 4.31. The normalized spacial score (nSPS) is 17.9. The summed E-state index contributed by atoms with van der Waals surface area (Å²) in [7, 11) is 0. The predicted octanol–water partition coefficient (Wildman–Crippen LogP) is 3.49. The Hall–Kier alpha value is -2.92. The van der Waals surface area contributed by atoms with E-state index in [0.717, 1.165) is 47.4 Å². The number of fused-ring (bicyclic) bond motifs is 5. The minimum atomic E-state index is -0.509. The molecule has 11 heteroatoms. The number of aryl methyl sites for hydroxylation is 1. The van der Waals surface area contributed by atoms with Crippen LogP contribution in [0.5, 0.6) is 0 Å². The van der Waals surface area contributed by atoms with Gasteiger partial charge in [0.15, 0.2) is 16.6 Å². The summed E-state index contributed by atoms with van der Waals surface area (Å²) in [6.45, 7) is 2.31. The van der Waals surface area contributed by atoms with E-state index in [9.17, 15) is 9.59 Å². The molecule has 0 aromatic carbocycles. The van der Waals surface area contributed by atoms with Crippen molar-refractivity contribution >= 4 is 50.8 Å². The first-order chi connectivity index (χ1) is 16.1. The number of carbonyl (C=O) groups is 2. The van der Waals surface area contributed by atoms with E-state index in [2.05, 4.69) is 28.0 Å². The zero-order valence-corrected chi connectivity index (χ0v) is 19.6. The van der Waals surface area contributed by atoms with Crippen LogP contribution in [0.25, 0.3) is 15.9 Å². The van der Waals surface area contributed by atoms with E-state index < -0.39 is 5.91 Å². The van der Waals surface area contributed by atoms with Crippen LogP contribution >= 0.6 is 23.1 Å². The van der Waals surface area contributed by atoms with E-state index in [1.54, 1.807) is 17.4 Å². The van der Waals surface area contributed by atoms with Crippen LogP contribution in [-0.2, 0) is 17.6 Å². The number of amides is 2. The minimum Gasteiger partial charge on any atom is -0.459 e. The Morgan fingerprint density at radius 1 is 1.27 bits per heavy atom. The Morgan fingerprint density at radius 2 is 2.15 bits per heavy atom. The number of thiophene rings is 1. The van der Waals surface area contributed by atoms with E-state index in [1.165, 1.54) is 41.0 Å². The van der Waals surface area contributed by atoms with Crippen LogP contribution in [0.4, 0.5) is 0 Å². The quantitative estimate of drug-likeness (QED) is 0.331. The van der Waals surface area contributed by atoms with Gasteiger partial charge in [-0.05, 0) is 55.7 Å². The average molecular weight is 483 g/mol. The van der Waals surface area contributed by atoms with Gasteiger partial charge < -0.3 is 4.42 Å². The molecule has 2 aliphatic carbocycles. The van der Waals surface area contributed by atoms with Crippen molar-refractivity contribution in [2.75, 3.05) is 5.75 Å². The Balaban J connectivity index is 1.26. The van der Waals surface area contributed by atoms with Gasteiger partial charge in [0.05, 0.1) is 17.4 Å². The summed E-state index contributed by atoms with van der Waals surface area (Å²) >= 11 is 3.09. The van der Waals surface area contributed by atoms with Crippen molar-refractivity contribution in [2.45, 2.75) is 50.1 Å². The molecule has 170 valence electrons. The first kappa shape index (κ1) is 20.7. The molecular formula is C22H22N6O3S2. The number of carbonyl (C=O) groups excluding carboxylic acids is 2. The van der Waals surface area contributed by atoms with E-state index in [-0.39, 0.29) is 17.4 Å². The maximum atomic E-state index is 12.3. The number of aromatic nitrogens is 4. The van der Waals surface area contributed by atoms with E-state index >= 15 is 0 Å². The summed E-state index contributed by atoms with van der Waals surface area (Å²) in [4.78, 5) is 31.8. The molecule has 1 saturated carbocycles. The first-order valence-corrected chi connectivity index (χ1v) is 12.8. The molecule has 2 N–H and O–H groups in total. The lowest BCUT2D eigenvalue weighted by Gasteiger charge is -2.17. The van der Waals surface area contributed by atoms with Gasteiger partial charge in [0.2, 0.25) is 5.91 Å². The van der Waals surface area contributed by atoms with Gasteiger partial charge in [0, 0.05) is 10.8 Å². The smallest absolute Gasteiger partial charge is 0.305 e. The maximum Gasteiger partial charge on any atom is 0.305 e. The molecule has 0 spiro atoms. The van der Waals surface area contributed by atoms with Gasteiger partial charge in [-0.2, -0.15) is 0 Å². The van der Waals surface area contributed by atoms with Crippen molar-refractivity contribution in [1.29, 1.82) is 0 Å². The molecule has 33 heavy (non-hydrogen) atoms. The summed E-state index contributed by atoms with van der Waals surface area (Å²) in [6.07, 6.45) is 6.94. The van der Waals surface area contributed by atoms with Crippen molar-refractivity contribution in [1.82, 2.24) is 30.4 Å². The standard InChI is InChI=1S/C22H22N6O3S2/c1-11-4-7-13-15(9-11)33-21-17(13)19-25-27-22(28(19)18(23-21)12-5-6-12)32-10-16(29)24-26-20(30)14-3-2-8-31-14/h2-3,8,11-12H,4-7,9-10H2,1H3,(H,24,29)(H,26,30)/t11-/m1/s1. The molecule has 9 nitrogen and oxygen atoms in total. The fraction of sp³-hybridized carbons (Fsp3) is 0.409. The molecule has 1 atom stereocenters. The topological polar surface area (TPSA) is 114 Å². The minimum absolute atomic E-state index is 0.0840. The molecular weight excluding hydrogens is 460 g/mol. The second kappa shape index (κ2) is 8.14. The maximum absolute atomic E-state index is 12.3. The number of furan rings is 1. The summed E-state index contributed by atoms with van der Waals surface area (Å²) < 4.78 is 7.06. The van der Waals surface area contributed by atoms with Gasteiger partial charge in [0.1, 0.15) is 10.7 Å². The molecule has 0 bridgehead atoms. The molecule has 4 aromatic rings. The highest BCUT2D eigenvalue weighted by molar-refractivity contribution is 7.99. The molecule has 0 saturated heterocycles. The second-order valence-corrected chi connectivity index (χ2v) is 10.7. The first-order valence-electron chi connectivity index (χ1n) is 11.0. The molecule has 6 rings (SSSR count). The third-order valence-electron chi connectivity index (χ3n) is 6.13. The van der Waals surface area contributed by atoms with Crippen LogP contribution < -0.4 is 10.9 Å².